The van der Waals surface area contributed by atoms with Crippen LogP contribution in [0.2, 0.25) is 0 Å². The molecule has 1 nitrogen and oxygen atoms in total. The molecule has 0 amide bonds. The average Bonchev–Trinajstić information content (AvgIpc) is 2.20. The van der Waals surface area contributed by atoms with Crippen LogP contribution in [0, 0.1) is 22.2 Å². The van der Waals surface area contributed by atoms with Gasteiger partial charge in [0.05, 0.1) is 6.07 Å². The third-order valence-electron chi connectivity index (χ3n) is 2.78. The van der Waals surface area contributed by atoms with Gasteiger partial charge in [0.15, 0.2) is 5.41 Å². The van der Waals surface area contributed by atoms with E-state index in [-0.39, 0.29) is 0 Å². The standard InChI is InChI=1S/C12H8F7N/c1-6(13)10(5-20,12(17,18)19)11(7(2)14,8(3)15)9(4)16/h1-4H2. The average molecular weight is 299 g/mol. The first-order valence-electron chi connectivity index (χ1n) is 4.71. The fourth-order valence-corrected chi connectivity index (χ4v) is 1.83. The topological polar surface area (TPSA) is 23.8 Å². The van der Waals surface area contributed by atoms with Crippen molar-refractivity contribution >= 4 is 0 Å². The van der Waals surface area contributed by atoms with Crippen LogP contribution >= 0.6 is 0 Å². The third-order valence-corrected chi connectivity index (χ3v) is 2.78. The summed E-state index contributed by atoms with van der Waals surface area (Å²) in [6, 6.07) is 0.338. The first-order valence-corrected chi connectivity index (χ1v) is 4.71. The van der Waals surface area contributed by atoms with E-state index in [1.54, 1.807) is 0 Å². The van der Waals surface area contributed by atoms with Gasteiger partial charge in [0, 0.05) is 0 Å². The summed E-state index contributed by atoms with van der Waals surface area (Å²) in [6.07, 6.45) is -5.92. The van der Waals surface area contributed by atoms with E-state index >= 15 is 0 Å². The maximum absolute atomic E-state index is 13.4. The zero-order valence-electron chi connectivity index (χ0n) is 9.92. The summed E-state index contributed by atoms with van der Waals surface area (Å²) in [4.78, 5) is 0. The molecule has 0 aliphatic carbocycles. The number of hydrogen-bond acceptors (Lipinski definition) is 1. The molecule has 0 aromatic carbocycles. The van der Waals surface area contributed by atoms with Gasteiger partial charge in [-0.05, 0) is 0 Å². The van der Waals surface area contributed by atoms with Crippen molar-refractivity contribution in [3.8, 4) is 6.07 Å². The second-order valence-corrected chi connectivity index (χ2v) is 3.73. The summed E-state index contributed by atoms with van der Waals surface area (Å²) in [6.45, 7) is 9.30. The molecule has 110 valence electrons. The van der Waals surface area contributed by atoms with Crippen LogP contribution in [0.5, 0.6) is 0 Å². The van der Waals surface area contributed by atoms with E-state index in [1.807, 2.05) is 0 Å². The van der Waals surface area contributed by atoms with E-state index < -0.39 is 40.3 Å². The monoisotopic (exact) mass is 299 g/mol. The molecule has 0 aromatic rings. The van der Waals surface area contributed by atoms with Crippen molar-refractivity contribution in [2.24, 2.45) is 10.8 Å². The van der Waals surface area contributed by atoms with Crippen molar-refractivity contribution in [1.82, 2.24) is 0 Å². The van der Waals surface area contributed by atoms with Gasteiger partial charge < -0.3 is 0 Å². The van der Waals surface area contributed by atoms with Gasteiger partial charge in [0.25, 0.3) is 0 Å². The number of nitrogens with zero attached hydrogens (tertiary/aromatic N) is 1. The Morgan fingerprint density at radius 1 is 0.750 bits per heavy atom. The lowest BCUT2D eigenvalue weighted by Crippen LogP contribution is -2.53. The first kappa shape index (κ1) is 18.0. The molecule has 0 rings (SSSR count). The van der Waals surface area contributed by atoms with Crippen molar-refractivity contribution in [3.63, 3.8) is 0 Å². The molecule has 0 aromatic heterocycles. The molecule has 0 saturated carbocycles. The summed E-state index contributed by atoms with van der Waals surface area (Å²) < 4.78 is 92.8. The Balaban J connectivity index is 7.08. The molecule has 0 fully saturated rings. The molecule has 0 saturated heterocycles. The van der Waals surface area contributed by atoms with Gasteiger partial charge in [0.1, 0.15) is 23.3 Å². The van der Waals surface area contributed by atoms with Crippen LogP contribution in [-0.2, 0) is 0 Å². The smallest absolute Gasteiger partial charge is 0.211 e. The number of alkyl halides is 3. The second-order valence-electron chi connectivity index (χ2n) is 3.73. The van der Waals surface area contributed by atoms with E-state index in [2.05, 4.69) is 26.3 Å². The Labute approximate surface area is 110 Å². The molecule has 0 heterocycles. The van der Waals surface area contributed by atoms with Crippen LogP contribution in [-0.4, -0.2) is 6.18 Å². The highest BCUT2D eigenvalue weighted by atomic mass is 19.4. The maximum Gasteiger partial charge on any atom is 0.415 e. The molecule has 1 unspecified atom stereocenters. The van der Waals surface area contributed by atoms with Gasteiger partial charge in [-0.1, -0.05) is 26.3 Å². The SMILES string of the molecule is C=C(F)C(C(=C)F)(C(=C)F)C(C#N)(C(=C)F)C(F)(F)F. The minimum atomic E-state index is -5.92. The number of halogens is 7. The van der Waals surface area contributed by atoms with Crippen LogP contribution in [0.15, 0.2) is 49.6 Å². The normalized spacial score (nSPS) is 14.9. The highest BCUT2D eigenvalue weighted by Crippen LogP contribution is 2.64. The van der Waals surface area contributed by atoms with Gasteiger partial charge in [0.2, 0.25) is 5.41 Å². The Kier molecular flexibility index (Phi) is 4.63. The Morgan fingerprint density at radius 3 is 1.10 bits per heavy atom. The van der Waals surface area contributed by atoms with Gasteiger partial charge in [-0.25, -0.2) is 17.6 Å². The number of hydrogen-bond donors (Lipinski definition) is 0. The van der Waals surface area contributed by atoms with E-state index in [4.69, 9.17) is 5.26 Å². The largest absolute Gasteiger partial charge is 0.415 e. The predicted octanol–water partition coefficient (Wildman–Crippen LogP) is 4.98. The number of nitriles is 1. The lowest BCUT2D eigenvalue weighted by atomic mass is 9.60. The molecule has 0 radical (unpaired) electrons. The van der Waals surface area contributed by atoms with Crippen LogP contribution < -0.4 is 0 Å². The van der Waals surface area contributed by atoms with Gasteiger partial charge in [-0.2, -0.15) is 18.4 Å². The molecule has 0 bridgehead atoms. The predicted molar refractivity (Wildman–Crippen MR) is 57.5 cm³/mol. The molecule has 0 aliphatic rings. The zero-order chi connectivity index (χ0) is 16.5. The minimum absolute atomic E-state index is 0.338. The maximum atomic E-state index is 13.4. The highest BCUT2D eigenvalue weighted by Gasteiger charge is 2.75. The molecule has 0 spiro atoms. The molecule has 20 heavy (non-hydrogen) atoms. The van der Waals surface area contributed by atoms with Gasteiger partial charge in [-0.3, -0.25) is 0 Å². The van der Waals surface area contributed by atoms with Crippen molar-refractivity contribution in [3.05, 3.63) is 49.6 Å². The lowest BCUT2D eigenvalue weighted by molar-refractivity contribution is -0.221. The first-order chi connectivity index (χ1) is 8.83. The van der Waals surface area contributed by atoms with E-state index in [9.17, 15) is 30.7 Å². The molecular weight excluding hydrogens is 291 g/mol. The van der Waals surface area contributed by atoms with E-state index in [0.29, 0.717) is 6.07 Å². The molecule has 8 heteroatoms. The lowest BCUT2D eigenvalue weighted by Gasteiger charge is -2.42. The van der Waals surface area contributed by atoms with Crippen LogP contribution in [0.3, 0.4) is 0 Å². The minimum Gasteiger partial charge on any atom is -0.211 e. The van der Waals surface area contributed by atoms with E-state index in [1.165, 1.54) is 0 Å². The van der Waals surface area contributed by atoms with Crippen LogP contribution in [0.4, 0.5) is 30.7 Å². The Hall–Kier alpha value is -2.04. The number of allylic oxidation sites excluding steroid dienone is 4. The molecule has 1 atom stereocenters. The van der Waals surface area contributed by atoms with Crippen molar-refractivity contribution in [1.29, 1.82) is 5.26 Å². The van der Waals surface area contributed by atoms with Crippen molar-refractivity contribution in [2.75, 3.05) is 0 Å². The quantitative estimate of drug-likeness (QED) is 0.657. The van der Waals surface area contributed by atoms with E-state index in [0.717, 1.165) is 0 Å². The summed E-state index contributed by atoms with van der Waals surface area (Å²) in [5.74, 6) is -9.50. The molecule has 0 aliphatic heterocycles. The third kappa shape index (κ3) is 1.94. The highest BCUT2D eigenvalue weighted by molar-refractivity contribution is 5.44. The van der Waals surface area contributed by atoms with Crippen LogP contribution in [0.25, 0.3) is 0 Å². The Morgan fingerprint density at radius 2 is 1.05 bits per heavy atom. The number of rotatable bonds is 5. The fourth-order valence-electron chi connectivity index (χ4n) is 1.83. The molecular formula is C12H8F7N. The Bertz CT molecular complexity index is 487. The second kappa shape index (κ2) is 5.15. The zero-order valence-corrected chi connectivity index (χ0v) is 9.92. The summed E-state index contributed by atoms with van der Waals surface area (Å²) in [5, 5.41) is 8.67. The fraction of sp³-hybridized carbons (Fsp3) is 0.250. The summed E-state index contributed by atoms with van der Waals surface area (Å²) in [5.41, 5.74) is -8.80. The van der Waals surface area contributed by atoms with Gasteiger partial charge >= 0.3 is 6.18 Å². The van der Waals surface area contributed by atoms with Crippen LogP contribution in [0.1, 0.15) is 0 Å². The summed E-state index contributed by atoms with van der Waals surface area (Å²) in [7, 11) is 0. The van der Waals surface area contributed by atoms with Crippen molar-refractivity contribution in [2.45, 2.75) is 6.18 Å². The molecule has 0 N–H and O–H groups in total. The summed E-state index contributed by atoms with van der Waals surface area (Å²) >= 11 is 0. The van der Waals surface area contributed by atoms with Gasteiger partial charge in [-0.15, -0.1) is 0 Å². The van der Waals surface area contributed by atoms with Crippen molar-refractivity contribution < 1.29 is 30.7 Å².